The number of hydrogen-bond acceptors (Lipinski definition) is 3. The second-order valence-corrected chi connectivity index (χ2v) is 7.76. The van der Waals surface area contributed by atoms with Crippen LogP contribution in [0.3, 0.4) is 0 Å². The van der Waals surface area contributed by atoms with Crippen molar-refractivity contribution in [3.63, 3.8) is 0 Å². The van der Waals surface area contributed by atoms with Crippen molar-refractivity contribution in [3.8, 4) is 0 Å². The highest BCUT2D eigenvalue weighted by atomic mass is 32.2. The zero-order chi connectivity index (χ0) is 11.7. The van der Waals surface area contributed by atoms with Gasteiger partial charge in [-0.3, -0.25) is 0 Å². The quantitative estimate of drug-likeness (QED) is 0.773. The summed E-state index contributed by atoms with van der Waals surface area (Å²) in [7, 11) is -3.21. The molecule has 1 saturated heterocycles. The summed E-state index contributed by atoms with van der Waals surface area (Å²) in [6, 6.07) is 0.00275. The number of piperidine rings is 1. The molecular formula is C10H22N2O2S. The van der Waals surface area contributed by atoms with E-state index >= 15 is 0 Å². The highest BCUT2D eigenvalue weighted by Gasteiger charge is 2.39. The summed E-state index contributed by atoms with van der Waals surface area (Å²) in [4.78, 5) is 0. The van der Waals surface area contributed by atoms with Crippen LogP contribution in [0.4, 0.5) is 0 Å². The maximum atomic E-state index is 12.2. The molecule has 0 spiro atoms. The summed E-state index contributed by atoms with van der Waals surface area (Å²) in [5.41, 5.74) is 5.63. The second kappa shape index (κ2) is 4.39. The van der Waals surface area contributed by atoms with Crippen LogP contribution in [0.5, 0.6) is 0 Å². The molecule has 1 heterocycles. The molecule has 0 aromatic rings. The minimum Gasteiger partial charge on any atom is -0.329 e. The Bertz CT molecular complexity index is 306. The predicted molar refractivity (Wildman–Crippen MR) is 62.1 cm³/mol. The maximum Gasteiger partial charge on any atom is 0.219 e. The molecule has 0 aliphatic carbocycles. The van der Waals surface area contributed by atoms with Gasteiger partial charge in [0, 0.05) is 19.1 Å². The molecule has 1 fully saturated rings. The van der Waals surface area contributed by atoms with Crippen molar-refractivity contribution in [2.75, 3.05) is 13.1 Å². The van der Waals surface area contributed by atoms with Gasteiger partial charge in [0.15, 0.2) is 0 Å². The molecule has 15 heavy (non-hydrogen) atoms. The van der Waals surface area contributed by atoms with Crippen LogP contribution in [0.1, 0.15) is 40.0 Å². The van der Waals surface area contributed by atoms with Gasteiger partial charge in [-0.15, -0.1) is 0 Å². The average molecular weight is 234 g/mol. The number of rotatable bonds is 2. The molecule has 0 aromatic carbocycles. The number of nitrogens with two attached hydrogens (primary N) is 1. The molecule has 1 atom stereocenters. The van der Waals surface area contributed by atoms with Gasteiger partial charge >= 0.3 is 0 Å². The molecule has 0 radical (unpaired) electrons. The van der Waals surface area contributed by atoms with Gasteiger partial charge < -0.3 is 5.73 Å². The van der Waals surface area contributed by atoms with Crippen molar-refractivity contribution in [1.29, 1.82) is 0 Å². The average Bonchev–Trinajstić information content (AvgIpc) is 2.16. The van der Waals surface area contributed by atoms with Gasteiger partial charge in [-0.25, -0.2) is 8.42 Å². The smallest absolute Gasteiger partial charge is 0.219 e. The SMILES string of the molecule is CC(C)(C)S(=O)(=O)N1CCCCC1CN. The van der Waals surface area contributed by atoms with Gasteiger partial charge in [-0.05, 0) is 33.6 Å². The summed E-state index contributed by atoms with van der Waals surface area (Å²) in [6.45, 7) is 6.27. The number of nitrogens with zero attached hydrogens (tertiary/aromatic N) is 1. The van der Waals surface area contributed by atoms with Crippen molar-refractivity contribution in [1.82, 2.24) is 4.31 Å². The monoisotopic (exact) mass is 234 g/mol. The molecule has 0 bridgehead atoms. The van der Waals surface area contributed by atoms with E-state index < -0.39 is 14.8 Å². The standard InChI is InChI=1S/C10H22N2O2S/c1-10(2,3)15(13,14)12-7-5-4-6-9(12)8-11/h9H,4-8,11H2,1-3H3. The van der Waals surface area contributed by atoms with E-state index in [1.54, 1.807) is 25.1 Å². The second-order valence-electron chi connectivity index (χ2n) is 5.11. The highest BCUT2D eigenvalue weighted by Crippen LogP contribution is 2.27. The van der Waals surface area contributed by atoms with E-state index in [1.165, 1.54) is 0 Å². The Kier molecular flexibility index (Phi) is 3.79. The van der Waals surface area contributed by atoms with Crippen LogP contribution in [0.15, 0.2) is 0 Å². The largest absolute Gasteiger partial charge is 0.329 e. The Hall–Kier alpha value is -0.130. The van der Waals surface area contributed by atoms with E-state index in [0.29, 0.717) is 13.1 Å². The van der Waals surface area contributed by atoms with Gasteiger partial charge in [0.25, 0.3) is 0 Å². The first-order chi connectivity index (χ1) is 6.80. The van der Waals surface area contributed by atoms with Gasteiger partial charge in [0.1, 0.15) is 0 Å². The lowest BCUT2D eigenvalue weighted by Gasteiger charge is -2.38. The summed E-state index contributed by atoms with van der Waals surface area (Å²) in [6.07, 6.45) is 2.93. The summed E-state index contributed by atoms with van der Waals surface area (Å²) >= 11 is 0. The van der Waals surface area contributed by atoms with Crippen LogP contribution in [0.25, 0.3) is 0 Å². The molecule has 4 nitrogen and oxygen atoms in total. The summed E-state index contributed by atoms with van der Waals surface area (Å²) in [5, 5.41) is 0. The van der Waals surface area contributed by atoms with Crippen LogP contribution >= 0.6 is 0 Å². The molecule has 1 rings (SSSR count). The lowest BCUT2D eigenvalue weighted by atomic mass is 10.1. The molecule has 0 amide bonds. The fourth-order valence-electron chi connectivity index (χ4n) is 1.88. The van der Waals surface area contributed by atoms with E-state index in [-0.39, 0.29) is 6.04 Å². The normalized spacial score (nSPS) is 25.5. The van der Waals surface area contributed by atoms with Crippen molar-refractivity contribution in [2.45, 2.75) is 50.8 Å². The first-order valence-corrected chi connectivity index (χ1v) is 6.96. The van der Waals surface area contributed by atoms with Crippen molar-refractivity contribution >= 4 is 10.0 Å². The van der Waals surface area contributed by atoms with E-state index in [0.717, 1.165) is 19.3 Å². The Balaban J connectivity index is 2.94. The van der Waals surface area contributed by atoms with Gasteiger partial charge in [-0.2, -0.15) is 4.31 Å². The molecule has 90 valence electrons. The van der Waals surface area contributed by atoms with Crippen LogP contribution in [0, 0.1) is 0 Å². The minimum absolute atomic E-state index is 0.00275. The third-order valence-electron chi connectivity index (χ3n) is 2.93. The molecule has 0 saturated carbocycles. The Morgan fingerprint density at radius 3 is 2.40 bits per heavy atom. The van der Waals surface area contributed by atoms with Crippen LogP contribution in [-0.4, -0.2) is 36.6 Å². The number of hydrogen-bond donors (Lipinski definition) is 1. The van der Waals surface area contributed by atoms with Gasteiger partial charge in [0.2, 0.25) is 10.0 Å². The van der Waals surface area contributed by atoms with Crippen LogP contribution in [0.2, 0.25) is 0 Å². The fraction of sp³-hybridized carbons (Fsp3) is 1.00. The molecule has 1 unspecified atom stereocenters. The highest BCUT2D eigenvalue weighted by molar-refractivity contribution is 7.90. The molecule has 2 N–H and O–H groups in total. The molecule has 1 aliphatic rings. The van der Waals surface area contributed by atoms with E-state index in [2.05, 4.69) is 0 Å². The van der Waals surface area contributed by atoms with E-state index in [1.807, 2.05) is 0 Å². The third-order valence-corrected chi connectivity index (χ3v) is 5.57. The topological polar surface area (TPSA) is 63.4 Å². The fourth-order valence-corrected chi connectivity index (χ4v) is 3.53. The third kappa shape index (κ3) is 2.52. The van der Waals surface area contributed by atoms with E-state index in [9.17, 15) is 8.42 Å². The van der Waals surface area contributed by atoms with Crippen molar-refractivity contribution in [2.24, 2.45) is 5.73 Å². The maximum absolute atomic E-state index is 12.2. The Labute approximate surface area is 92.9 Å². The summed E-state index contributed by atoms with van der Waals surface area (Å²) < 4.78 is 25.4. The van der Waals surface area contributed by atoms with Crippen LogP contribution in [-0.2, 0) is 10.0 Å². The van der Waals surface area contributed by atoms with Gasteiger partial charge in [0.05, 0.1) is 4.75 Å². The predicted octanol–water partition coefficient (Wildman–Crippen LogP) is 0.928. The molecular weight excluding hydrogens is 212 g/mol. The van der Waals surface area contributed by atoms with Crippen molar-refractivity contribution in [3.05, 3.63) is 0 Å². The minimum atomic E-state index is -3.21. The van der Waals surface area contributed by atoms with E-state index in [4.69, 9.17) is 5.73 Å². The van der Waals surface area contributed by atoms with Crippen molar-refractivity contribution < 1.29 is 8.42 Å². The zero-order valence-electron chi connectivity index (χ0n) is 9.86. The first kappa shape index (κ1) is 12.9. The van der Waals surface area contributed by atoms with Crippen LogP contribution < -0.4 is 5.73 Å². The number of sulfonamides is 1. The first-order valence-electron chi connectivity index (χ1n) is 5.52. The lowest BCUT2D eigenvalue weighted by Crippen LogP contribution is -2.52. The Morgan fingerprint density at radius 1 is 1.33 bits per heavy atom. The van der Waals surface area contributed by atoms with Gasteiger partial charge in [-0.1, -0.05) is 6.42 Å². The Morgan fingerprint density at radius 2 is 1.93 bits per heavy atom. The lowest BCUT2D eigenvalue weighted by molar-refractivity contribution is 0.252. The zero-order valence-corrected chi connectivity index (χ0v) is 10.7. The molecule has 1 aliphatic heterocycles. The molecule has 5 heteroatoms. The molecule has 0 aromatic heterocycles. The summed E-state index contributed by atoms with van der Waals surface area (Å²) in [5.74, 6) is 0.